The summed E-state index contributed by atoms with van der Waals surface area (Å²) in [5.74, 6) is 0.0772. The van der Waals surface area contributed by atoms with Gasteiger partial charge in [-0.15, -0.1) is 0 Å². The molecular formula is C18H13Cl2NO5. The molecule has 0 atom stereocenters. The van der Waals surface area contributed by atoms with Crippen LogP contribution in [-0.2, 0) is 14.3 Å². The van der Waals surface area contributed by atoms with Crippen molar-refractivity contribution in [3.05, 3.63) is 58.1 Å². The molecule has 1 N–H and O–H groups in total. The van der Waals surface area contributed by atoms with Crippen molar-refractivity contribution in [1.82, 2.24) is 0 Å². The predicted molar refractivity (Wildman–Crippen MR) is 97.6 cm³/mol. The predicted octanol–water partition coefficient (Wildman–Crippen LogP) is 3.92. The van der Waals surface area contributed by atoms with Crippen molar-refractivity contribution in [3.8, 4) is 11.5 Å². The minimum atomic E-state index is -0.657. The third-order valence-corrected chi connectivity index (χ3v) is 4.20. The van der Waals surface area contributed by atoms with E-state index < -0.39 is 18.5 Å². The van der Waals surface area contributed by atoms with Gasteiger partial charge in [-0.2, -0.15) is 0 Å². The first-order valence-corrected chi connectivity index (χ1v) is 8.27. The third kappa shape index (κ3) is 4.47. The molecule has 0 radical (unpaired) electrons. The van der Waals surface area contributed by atoms with Crippen molar-refractivity contribution in [2.24, 2.45) is 0 Å². The molecule has 2 aromatic rings. The van der Waals surface area contributed by atoms with E-state index in [0.29, 0.717) is 22.2 Å². The number of carbonyl (C=O) groups is 2. The fourth-order valence-electron chi connectivity index (χ4n) is 2.15. The average Bonchev–Trinajstić information content (AvgIpc) is 3.10. The van der Waals surface area contributed by atoms with Crippen LogP contribution < -0.4 is 14.8 Å². The molecular weight excluding hydrogens is 381 g/mol. The van der Waals surface area contributed by atoms with Crippen LogP contribution in [0, 0.1) is 0 Å². The normalized spacial score (nSPS) is 12.2. The molecule has 6 nitrogen and oxygen atoms in total. The van der Waals surface area contributed by atoms with Gasteiger partial charge in [-0.05, 0) is 35.9 Å². The van der Waals surface area contributed by atoms with Gasteiger partial charge in [0.25, 0.3) is 5.91 Å². The van der Waals surface area contributed by atoms with E-state index in [1.807, 2.05) is 0 Å². The summed E-state index contributed by atoms with van der Waals surface area (Å²) in [6, 6.07) is 10.1. The van der Waals surface area contributed by atoms with Gasteiger partial charge in [0, 0.05) is 6.08 Å². The van der Waals surface area contributed by atoms with Gasteiger partial charge in [-0.3, -0.25) is 4.79 Å². The van der Waals surface area contributed by atoms with Crippen LogP contribution in [0.5, 0.6) is 11.5 Å². The van der Waals surface area contributed by atoms with Gasteiger partial charge in [0.1, 0.15) is 0 Å². The largest absolute Gasteiger partial charge is 0.454 e. The second kappa shape index (κ2) is 8.12. The van der Waals surface area contributed by atoms with E-state index >= 15 is 0 Å². The number of rotatable bonds is 5. The van der Waals surface area contributed by atoms with Crippen molar-refractivity contribution >= 4 is 46.8 Å². The molecule has 0 spiro atoms. The molecule has 0 aliphatic carbocycles. The van der Waals surface area contributed by atoms with Crippen LogP contribution in [0.15, 0.2) is 42.5 Å². The van der Waals surface area contributed by atoms with Crippen LogP contribution in [0.4, 0.5) is 5.69 Å². The highest BCUT2D eigenvalue weighted by Gasteiger charge is 2.13. The van der Waals surface area contributed by atoms with Crippen LogP contribution in [0.3, 0.4) is 0 Å². The lowest BCUT2D eigenvalue weighted by Crippen LogP contribution is -2.20. The number of benzene rings is 2. The Morgan fingerprint density at radius 2 is 1.96 bits per heavy atom. The van der Waals surface area contributed by atoms with Gasteiger partial charge in [0.2, 0.25) is 6.79 Å². The van der Waals surface area contributed by atoms with E-state index in [2.05, 4.69) is 5.32 Å². The highest BCUT2D eigenvalue weighted by Crippen LogP contribution is 2.32. The van der Waals surface area contributed by atoms with Crippen molar-refractivity contribution in [2.75, 3.05) is 18.7 Å². The molecule has 8 heteroatoms. The summed E-state index contributed by atoms with van der Waals surface area (Å²) >= 11 is 11.8. The standard InChI is InChI=1S/C18H13Cl2NO5/c19-12-2-1-3-13(18(12)20)21-16(22)9-24-17(23)7-5-11-4-6-14-15(8-11)26-10-25-14/h1-8H,9-10H2,(H,21,22)/b7-5+. The minimum Gasteiger partial charge on any atom is -0.454 e. The molecule has 0 saturated carbocycles. The number of amides is 1. The summed E-state index contributed by atoms with van der Waals surface area (Å²) in [6.45, 7) is -0.274. The monoisotopic (exact) mass is 393 g/mol. The van der Waals surface area contributed by atoms with Crippen LogP contribution in [-0.4, -0.2) is 25.3 Å². The molecule has 1 aliphatic heterocycles. The summed E-state index contributed by atoms with van der Waals surface area (Å²) in [6.07, 6.45) is 2.77. The fourth-order valence-corrected chi connectivity index (χ4v) is 2.50. The number of fused-ring (bicyclic) bond motifs is 1. The maximum Gasteiger partial charge on any atom is 0.331 e. The molecule has 0 aromatic heterocycles. The third-order valence-electron chi connectivity index (χ3n) is 3.38. The molecule has 1 heterocycles. The Bertz CT molecular complexity index is 882. The summed E-state index contributed by atoms with van der Waals surface area (Å²) in [5, 5.41) is 3.05. The van der Waals surface area contributed by atoms with Gasteiger partial charge in [-0.1, -0.05) is 35.3 Å². The van der Waals surface area contributed by atoms with E-state index in [4.69, 9.17) is 37.4 Å². The van der Waals surface area contributed by atoms with Gasteiger partial charge in [0.15, 0.2) is 18.1 Å². The number of esters is 1. The number of hydrogen-bond acceptors (Lipinski definition) is 5. The van der Waals surface area contributed by atoms with Gasteiger partial charge >= 0.3 is 5.97 Å². The summed E-state index contributed by atoms with van der Waals surface area (Å²) in [5.41, 5.74) is 1.08. The van der Waals surface area contributed by atoms with Crippen LogP contribution >= 0.6 is 23.2 Å². The minimum absolute atomic E-state index is 0.177. The number of halogens is 2. The summed E-state index contributed by atoms with van der Waals surface area (Å²) in [4.78, 5) is 23.6. The fraction of sp³-hybridized carbons (Fsp3) is 0.111. The zero-order valence-electron chi connectivity index (χ0n) is 13.3. The first-order chi connectivity index (χ1) is 12.5. The van der Waals surface area contributed by atoms with Gasteiger partial charge in [0.05, 0.1) is 15.7 Å². The first-order valence-electron chi connectivity index (χ1n) is 7.51. The smallest absolute Gasteiger partial charge is 0.331 e. The highest BCUT2D eigenvalue weighted by molar-refractivity contribution is 6.44. The lowest BCUT2D eigenvalue weighted by atomic mass is 10.2. The van der Waals surface area contributed by atoms with Crippen LogP contribution in [0.25, 0.3) is 6.08 Å². The maximum absolute atomic E-state index is 11.8. The zero-order valence-corrected chi connectivity index (χ0v) is 14.8. The Balaban J connectivity index is 1.50. The molecule has 2 aromatic carbocycles. The number of hydrogen-bond donors (Lipinski definition) is 1. The lowest BCUT2D eigenvalue weighted by Gasteiger charge is -2.08. The van der Waals surface area contributed by atoms with E-state index in [0.717, 1.165) is 5.56 Å². The van der Waals surface area contributed by atoms with Gasteiger partial charge < -0.3 is 19.5 Å². The number of ether oxygens (including phenoxy) is 3. The second-order valence-electron chi connectivity index (χ2n) is 5.20. The summed E-state index contributed by atoms with van der Waals surface area (Å²) < 4.78 is 15.4. The Hall–Kier alpha value is -2.70. The molecule has 0 saturated heterocycles. The average molecular weight is 394 g/mol. The highest BCUT2D eigenvalue weighted by atomic mass is 35.5. The molecule has 3 rings (SSSR count). The molecule has 0 bridgehead atoms. The Morgan fingerprint density at radius 1 is 1.15 bits per heavy atom. The Morgan fingerprint density at radius 3 is 2.81 bits per heavy atom. The molecule has 1 aliphatic rings. The Kier molecular flexibility index (Phi) is 5.65. The summed E-state index contributed by atoms with van der Waals surface area (Å²) in [7, 11) is 0. The van der Waals surface area contributed by atoms with Crippen molar-refractivity contribution in [2.45, 2.75) is 0 Å². The van der Waals surface area contributed by atoms with E-state index in [1.165, 1.54) is 6.08 Å². The number of anilines is 1. The van der Waals surface area contributed by atoms with Crippen LogP contribution in [0.2, 0.25) is 10.0 Å². The number of nitrogens with one attached hydrogen (secondary N) is 1. The quantitative estimate of drug-likeness (QED) is 0.615. The zero-order chi connectivity index (χ0) is 18.5. The molecule has 0 fully saturated rings. The van der Waals surface area contributed by atoms with Crippen LogP contribution in [0.1, 0.15) is 5.56 Å². The van der Waals surface area contributed by atoms with Crippen molar-refractivity contribution < 1.29 is 23.8 Å². The van der Waals surface area contributed by atoms with E-state index in [9.17, 15) is 9.59 Å². The van der Waals surface area contributed by atoms with E-state index in [-0.39, 0.29) is 11.8 Å². The molecule has 134 valence electrons. The lowest BCUT2D eigenvalue weighted by molar-refractivity contribution is -0.142. The Labute approximate surface area is 159 Å². The maximum atomic E-state index is 11.8. The van der Waals surface area contributed by atoms with Crippen molar-refractivity contribution in [3.63, 3.8) is 0 Å². The SMILES string of the molecule is O=C(COC(=O)/C=C/c1ccc2c(c1)OCO2)Nc1cccc(Cl)c1Cl. The molecule has 0 unspecified atom stereocenters. The first kappa shape index (κ1) is 18.1. The van der Waals surface area contributed by atoms with E-state index in [1.54, 1.807) is 42.5 Å². The topological polar surface area (TPSA) is 73.9 Å². The number of carbonyl (C=O) groups excluding carboxylic acids is 2. The molecule has 1 amide bonds. The van der Waals surface area contributed by atoms with Gasteiger partial charge in [-0.25, -0.2) is 4.79 Å². The second-order valence-corrected chi connectivity index (χ2v) is 5.99. The molecule has 26 heavy (non-hydrogen) atoms. The van der Waals surface area contributed by atoms with Crippen molar-refractivity contribution in [1.29, 1.82) is 0 Å².